The predicted molar refractivity (Wildman–Crippen MR) is 113 cm³/mol. The molecule has 3 heterocycles. The number of hydrogen-bond donors (Lipinski definition) is 5. The second-order valence-electron chi connectivity index (χ2n) is 7.62. The van der Waals surface area contributed by atoms with Crippen molar-refractivity contribution in [1.82, 2.24) is 15.5 Å². The van der Waals surface area contributed by atoms with Crippen LogP contribution in [0, 0.1) is 17.2 Å². The molecule has 3 aliphatic rings. The third-order valence-corrected chi connectivity index (χ3v) is 5.26. The van der Waals surface area contributed by atoms with Gasteiger partial charge in [0.1, 0.15) is 11.7 Å². The molecular weight excluding hydrogens is 352 g/mol. The topological polar surface area (TPSA) is 110 Å². The van der Waals surface area contributed by atoms with Gasteiger partial charge in [-0.05, 0) is 54.6 Å². The summed E-state index contributed by atoms with van der Waals surface area (Å²) in [7, 11) is 0. The standard InChI is InChI=1S/C21H30N6O/c1-14(2)16(11-22)9-20(23)26-21-4-3-18-19(25-21)10-17(12-24-18)27-7-5-15(13-28)6-8-27/h3-4,9-12,14-15,22,24-25,28H,5-8,13H2,1-2H3,(H2,23,26). The lowest BCUT2D eigenvalue weighted by atomic mass is 9.97. The van der Waals surface area contributed by atoms with Crippen LogP contribution in [0.2, 0.25) is 0 Å². The minimum absolute atomic E-state index is 0.221. The van der Waals surface area contributed by atoms with E-state index in [1.807, 2.05) is 32.2 Å². The number of likely N-dealkylation sites (tertiary alicyclic amines) is 1. The van der Waals surface area contributed by atoms with Crippen LogP contribution in [-0.4, -0.2) is 41.8 Å². The highest BCUT2D eigenvalue weighted by atomic mass is 16.3. The predicted octanol–water partition coefficient (Wildman–Crippen LogP) is 1.94. The molecule has 3 aliphatic heterocycles. The van der Waals surface area contributed by atoms with Gasteiger partial charge in [0.25, 0.3) is 0 Å². The molecule has 150 valence electrons. The van der Waals surface area contributed by atoms with Gasteiger partial charge in [-0.2, -0.15) is 0 Å². The zero-order valence-corrected chi connectivity index (χ0v) is 16.6. The van der Waals surface area contributed by atoms with Crippen LogP contribution in [0.1, 0.15) is 26.7 Å². The molecule has 0 spiro atoms. The number of piperidine rings is 1. The quantitative estimate of drug-likeness (QED) is 0.356. The summed E-state index contributed by atoms with van der Waals surface area (Å²) < 4.78 is 0. The van der Waals surface area contributed by atoms with E-state index in [1.165, 1.54) is 6.21 Å². The van der Waals surface area contributed by atoms with Crippen LogP contribution in [0.5, 0.6) is 0 Å². The Hall–Kier alpha value is -2.80. The van der Waals surface area contributed by atoms with Gasteiger partial charge in [0, 0.05) is 32.1 Å². The van der Waals surface area contributed by atoms with E-state index in [1.54, 1.807) is 6.08 Å². The lowest BCUT2D eigenvalue weighted by molar-refractivity contribution is 0.153. The first kappa shape index (κ1) is 19.9. The fourth-order valence-corrected chi connectivity index (χ4v) is 3.42. The number of fused-ring (bicyclic) bond motifs is 1. The van der Waals surface area contributed by atoms with E-state index in [4.69, 9.17) is 11.1 Å². The first-order valence-corrected chi connectivity index (χ1v) is 9.80. The van der Waals surface area contributed by atoms with Crippen molar-refractivity contribution in [3.8, 4) is 0 Å². The molecule has 6 N–H and O–H groups in total. The van der Waals surface area contributed by atoms with Gasteiger partial charge in [-0.15, -0.1) is 0 Å². The van der Waals surface area contributed by atoms with E-state index in [0.29, 0.717) is 17.6 Å². The zero-order chi connectivity index (χ0) is 20.1. The van der Waals surface area contributed by atoms with Crippen LogP contribution in [0.25, 0.3) is 0 Å². The van der Waals surface area contributed by atoms with Crippen LogP contribution in [0.4, 0.5) is 0 Å². The second-order valence-corrected chi connectivity index (χ2v) is 7.62. The average Bonchev–Trinajstić information content (AvgIpc) is 2.71. The van der Waals surface area contributed by atoms with Gasteiger partial charge < -0.3 is 31.8 Å². The number of aliphatic imine (C=N–C) groups is 1. The molecule has 0 aromatic carbocycles. The molecule has 0 unspecified atom stereocenters. The van der Waals surface area contributed by atoms with Gasteiger partial charge in [0.05, 0.1) is 17.1 Å². The van der Waals surface area contributed by atoms with E-state index in [2.05, 4.69) is 26.6 Å². The van der Waals surface area contributed by atoms with Crippen LogP contribution in [0.3, 0.4) is 0 Å². The van der Waals surface area contributed by atoms with Crippen molar-refractivity contribution in [2.45, 2.75) is 26.7 Å². The number of amidine groups is 1. The maximum Gasteiger partial charge on any atom is 0.132 e. The second kappa shape index (κ2) is 8.93. The highest BCUT2D eigenvalue weighted by molar-refractivity contribution is 5.97. The lowest BCUT2D eigenvalue weighted by Crippen LogP contribution is -2.36. The first-order chi connectivity index (χ1) is 13.5. The number of rotatable bonds is 6. The summed E-state index contributed by atoms with van der Waals surface area (Å²) in [5.41, 5.74) is 9.96. The van der Waals surface area contributed by atoms with E-state index in [-0.39, 0.29) is 12.5 Å². The Morgan fingerprint density at radius 1 is 1.36 bits per heavy atom. The minimum Gasteiger partial charge on any atom is -0.396 e. The molecule has 0 aliphatic carbocycles. The molecule has 0 amide bonds. The molecular formula is C21H30N6O. The molecule has 0 saturated carbocycles. The highest BCUT2D eigenvalue weighted by Gasteiger charge is 2.22. The summed E-state index contributed by atoms with van der Waals surface area (Å²) in [4.78, 5) is 6.78. The smallest absolute Gasteiger partial charge is 0.132 e. The Morgan fingerprint density at radius 3 is 2.75 bits per heavy atom. The number of nitrogens with one attached hydrogen (secondary N) is 3. The van der Waals surface area contributed by atoms with Crippen LogP contribution in [0.15, 0.2) is 64.0 Å². The average molecular weight is 383 g/mol. The van der Waals surface area contributed by atoms with E-state index in [9.17, 15) is 5.11 Å². The van der Waals surface area contributed by atoms with Crippen molar-refractivity contribution in [3.05, 3.63) is 59.0 Å². The number of aliphatic hydroxyl groups excluding tert-OH is 1. The number of allylic oxidation sites excluding steroid dienone is 4. The summed E-state index contributed by atoms with van der Waals surface area (Å²) in [6.07, 6.45) is 13.1. The van der Waals surface area contributed by atoms with Gasteiger partial charge >= 0.3 is 0 Å². The lowest BCUT2D eigenvalue weighted by Gasteiger charge is -2.35. The summed E-state index contributed by atoms with van der Waals surface area (Å²) in [5, 5.41) is 23.5. The number of aliphatic hydroxyl groups is 1. The van der Waals surface area contributed by atoms with Crippen molar-refractivity contribution in [3.63, 3.8) is 0 Å². The van der Waals surface area contributed by atoms with E-state index < -0.39 is 0 Å². The van der Waals surface area contributed by atoms with Gasteiger partial charge in [-0.25, -0.2) is 4.99 Å². The fourth-order valence-electron chi connectivity index (χ4n) is 3.42. The SMILES string of the molecule is CC(C)C(C=N)=CC(N)=NC1=CC=C2NC=C(N3CCC(CO)CC3)C=C2N1. The minimum atomic E-state index is 0.221. The van der Waals surface area contributed by atoms with Crippen LogP contribution >= 0.6 is 0 Å². The molecule has 1 saturated heterocycles. The Bertz CT molecular complexity index is 792. The summed E-state index contributed by atoms with van der Waals surface area (Å²) in [6, 6.07) is 0. The molecule has 0 atom stereocenters. The van der Waals surface area contributed by atoms with E-state index in [0.717, 1.165) is 48.6 Å². The fraction of sp³-hybridized carbons (Fsp3) is 0.429. The number of nitrogens with two attached hydrogens (primary N) is 1. The van der Waals surface area contributed by atoms with Gasteiger partial charge in [-0.1, -0.05) is 13.8 Å². The summed E-state index contributed by atoms with van der Waals surface area (Å²) in [6.45, 7) is 6.21. The Morgan fingerprint density at radius 2 is 2.11 bits per heavy atom. The van der Waals surface area contributed by atoms with Gasteiger partial charge in [0.15, 0.2) is 0 Å². The molecule has 0 aromatic rings. The third kappa shape index (κ3) is 4.72. The first-order valence-electron chi connectivity index (χ1n) is 9.80. The largest absolute Gasteiger partial charge is 0.396 e. The van der Waals surface area contributed by atoms with Crippen LogP contribution in [-0.2, 0) is 0 Å². The van der Waals surface area contributed by atoms with Crippen molar-refractivity contribution in [2.75, 3.05) is 19.7 Å². The summed E-state index contributed by atoms with van der Waals surface area (Å²) in [5.74, 6) is 1.67. The normalized spacial score (nSPS) is 21.1. The van der Waals surface area contributed by atoms with Crippen molar-refractivity contribution in [2.24, 2.45) is 22.6 Å². The maximum absolute atomic E-state index is 9.32. The molecule has 7 heteroatoms. The highest BCUT2D eigenvalue weighted by Crippen LogP contribution is 2.25. The number of hydrogen-bond acceptors (Lipinski definition) is 6. The molecule has 0 aromatic heterocycles. The molecule has 3 rings (SSSR count). The zero-order valence-electron chi connectivity index (χ0n) is 16.6. The van der Waals surface area contributed by atoms with Gasteiger partial charge in [-0.3, -0.25) is 0 Å². The molecule has 1 fully saturated rings. The van der Waals surface area contributed by atoms with Crippen molar-refractivity contribution < 1.29 is 5.11 Å². The van der Waals surface area contributed by atoms with Crippen LogP contribution < -0.4 is 16.4 Å². The van der Waals surface area contributed by atoms with Crippen molar-refractivity contribution in [1.29, 1.82) is 5.41 Å². The third-order valence-electron chi connectivity index (χ3n) is 5.26. The maximum atomic E-state index is 9.32. The Labute approximate surface area is 166 Å². The monoisotopic (exact) mass is 382 g/mol. The molecule has 0 bridgehead atoms. The van der Waals surface area contributed by atoms with Crippen molar-refractivity contribution >= 4 is 12.1 Å². The van der Waals surface area contributed by atoms with E-state index >= 15 is 0 Å². The Kier molecular flexibility index (Phi) is 6.36. The number of nitrogens with zero attached hydrogens (tertiary/aromatic N) is 2. The molecule has 7 nitrogen and oxygen atoms in total. The molecule has 28 heavy (non-hydrogen) atoms. The number of dihydropyridines is 2. The van der Waals surface area contributed by atoms with Gasteiger partial charge in [0.2, 0.25) is 0 Å². The summed E-state index contributed by atoms with van der Waals surface area (Å²) >= 11 is 0. The molecule has 0 radical (unpaired) electrons. The Balaban J connectivity index is 1.70.